The van der Waals surface area contributed by atoms with E-state index in [1.165, 1.54) is 23.9 Å². The van der Waals surface area contributed by atoms with Gasteiger partial charge < -0.3 is 10.1 Å². The zero-order valence-electron chi connectivity index (χ0n) is 17.3. The first kappa shape index (κ1) is 23.3. The van der Waals surface area contributed by atoms with E-state index in [0.717, 1.165) is 11.3 Å². The Hall–Kier alpha value is -2.88. The number of amides is 1. The van der Waals surface area contributed by atoms with Crippen LogP contribution in [-0.4, -0.2) is 33.5 Å². The molecule has 0 bridgehead atoms. The summed E-state index contributed by atoms with van der Waals surface area (Å²) in [6.45, 7) is 0. The summed E-state index contributed by atoms with van der Waals surface area (Å²) in [6, 6.07) is 19.1. The third-order valence-electron chi connectivity index (χ3n) is 4.60. The van der Waals surface area contributed by atoms with Crippen LogP contribution < -0.4 is 10.1 Å². The molecule has 0 atom stereocenters. The van der Waals surface area contributed by atoms with Gasteiger partial charge in [-0.2, -0.15) is 0 Å². The molecule has 0 unspecified atom stereocenters. The molecular weight excluding hydrogens is 531 g/mol. The molecule has 0 aliphatic carbocycles. The van der Waals surface area contributed by atoms with Gasteiger partial charge in [-0.1, -0.05) is 39.3 Å². The molecular formula is C23H17BrClFN4O2S. The van der Waals surface area contributed by atoms with Crippen LogP contribution in [0.3, 0.4) is 0 Å². The molecule has 3 aromatic carbocycles. The summed E-state index contributed by atoms with van der Waals surface area (Å²) in [5, 5.41) is 12.3. The number of anilines is 1. The molecule has 0 aliphatic rings. The highest BCUT2D eigenvalue weighted by Crippen LogP contribution is 2.30. The highest BCUT2D eigenvalue weighted by atomic mass is 79.9. The van der Waals surface area contributed by atoms with Crippen LogP contribution in [0.25, 0.3) is 17.1 Å². The van der Waals surface area contributed by atoms with Crippen LogP contribution in [0.5, 0.6) is 5.75 Å². The van der Waals surface area contributed by atoms with E-state index in [2.05, 4.69) is 31.4 Å². The summed E-state index contributed by atoms with van der Waals surface area (Å²) < 4.78 is 21.7. The molecule has 10 heteroatoms. The van der Waals surface area contributed by atoms with Gasteiger partial charge >= 0.3 is 0 Å². The second kappa shape index (κ2) is 10.4. The smallest absolute Gasteiger partial charge is 0.234 e. The molecule has 0 fully saturated rings. The van der Waals surface area contributed by atoms with E-state index < -0.39 is 5.82 Å². The lowest BCUT2D eigenvalue weighted by atomic mass is 10.2. The Kier molecular flexibility index (Phi) is 7.32. The van der Waals surface area contributed by atoms with Crippen molar-refractivity contribution < 1.29 is 13.9 Å². The summed E-state index contributed by atoms with van der Waals surface area (Å²) in [5.74, 6) is 0.445. The fraction of sp³-hybridized carbons (Fsp3) is 0.0870. The second-order valence-electron chi connectivity index (χ2n) is 6.81. The van der Waals surface area contributed by atoms with Crippen molar-refractivity contribution in [3.63, 3.8) is 0 Å². The standard InChI is InChI=1S/C23H17BrClFN4O2S/c1-32-18-9-7-17(8-10-18)30-22(14-2-5-16(25)6-3-14)28-29-23(30)33-13-21(31)27-20-11-4-15(24)12-19(20)26/h2-12H,13H2,1H3,(H,27,31). The SMILES string of the molecule is COc1ccc(-n2c(SCC(=O)Nc3ccc(Br)cc3F)nnc2-c2ccc(Cl)cc2)cc1. The summed E-state index contributed by atoms with van der Waals surface area (Å²) in [6.07, 6.45) is 0. The van der Waals surface area contributed by atoms with E-state index in [9.17, 15) is 9.18 Å². The molecule has 1 N–H and O–H groups in total. The van der Waals surface area contributed by atoms with Crippen molar-refractivity contribution in [3.05, 3.63) is 82.0 Å². The molecule has 6 nitrogen and oxygen atoms in total. The lowest BCUT2D eigenvalue weighted by Crippen LogP contribution is -2.15. The Balaban J connectivity index is 1.60. The maximum Gasteiger partial charge on any atom is 0.234 e. The van der Waals surface area contributed by atoms with E-state index in [4.69, 9.17) is 16.3 Å². The first-order valence-corrected chi connectivity index (χ1v) is 11.8. The van der Waals surface area contributed by atoms with Gasteiger partial charge in [-0.3, -0.25) is 9.36 Å². The summed E-state index contributed by atoms with van der Waals surface area (Å²) in [5.41, 5.74) is 1.73. The van der Waals surface area contributed by atoms with Crippen molar-refractivity contribution in [3.8, 4) is 22.8 Å². The van der Waals surface area contributed by atoms with Gasteiger partial charge in [0.1, 0.15) is 11.6 Å². The average Bonchev–Trinajstić information content (AvgIpc) is 3.24. The number of hydrogen-bond acceptors (Lipinski definition) is 5. The van der Waals surface area contributed by atoms with Gasteiger partial charge in [0, 0.05) is 20.7 Å². The van der Waals surface area contributed by atoms with Crippen LogP contribution in [0, 0.1) is 5.82 Å². The van der Waals surface area contributed by atoms with Crippen molar-refractivity contribution in [2.75, 3.05) is 18.2 Å². The Labute approximate surface area is 207 Å². The normalized spacial score (nSPS) is 10.8. The minimum absolute atomic E-state index is 0.0183. The highest BCUT2D eigenvalue weighted by Gasteiger charge is 2.18. The second-order valence-corrected chi connectivity index (χ2v) is 9.10. The Morgan fingerprint density at radius 2 is 1.85 bits per heavy atom. The summed E-state index contributed by atoms with van der Waals surface area (Å²) in [4.78, 5) is 12.5. The molecule has 1 amide bonds. The van der Waals surface area contributed by atoms with Crippen molar-refractivity contribution in [2.45, 2.75) is 5.16 Å². The number of benzene rings is 3. The van der Waals surface area contributed by atoms with Gasteiger partial charge in [0.2, 0.25) is 5.91 Å². The van der Waals surface area contributed by atoms with Crippen LogP contribution in [0.2, 0.25) is 5.02 Å². The molecule has 0 radical (unpaired) electrons. The van der Waals surface area contributed by atoms with Crippen molar-refractivity contribution in [2.24, 2.45) is 0 Å². The number of halogens is 3. The molecule has 4 aromatic rings. The van der Waals surface area contributed by atoms with Gasteiger partial charge in [-0.05, 0) is 66.7 Å². The first-order chi connectivity index (χ1) is 15.9. The zero-order chi connectivity index (χ0) is 23.4. The van der Waals surface area contributed by atoms with E-state index in [1.54, 1.807) is 25.3 Å². The molecule has 33 heavy (non-hydrogen) atoms. The maximum absolute atomic E-state index is 14.0. The lowest BCUT2D eigenvalue weighted by molar-refractivity contribution is -0.113. The van der Waals surface area contributed by atoms with E-state index in [0.29, 0.717) is 26.2 Å². The first-order valence-electron chi connectivity index (χ1n) is 9.68. The topological polar surface area (TPSA) is 69.0 Å². The summed E-state index contributed by atoms with van der Waals surface area (Å²) >= 11 is 10.4. The molecule has 0 saturated heterocycles. The number of methoxy groups -OCH3 is 1. The predicted octanol–water partition coefficient (Wildman–Crippen LogP) is 6.23. The Morgan fingerprint density at radius 1 is 1.12 bits per heavy atom. The average molecular weight is 548 g/mol. The van der Waals surface area contributed by atoms with Crippen molar-refractivity contribution >= 4 is 50.9 Å². The molecule has 0 saturated carbocycles. The Morgan fingerprint density at radius 3 is 2.52 bits per heavy atom. The number of hydrogen-bond donors (Lipinski definition) is 1. The van der Waals surface area contributed by atoms with Crippen LogP contribution in [-0.2, 0) is 4.79 Å². The Bertz CT molecular complexity index is 1280. The maximum atomic E-state index is 14.0. The van der Waals surface area contributed by atoms with Crippen LogP contribution >= 0.6 is 39.3 Å². The van der Waals surface area contributed by atoms with Gasteiger partial charge in [-0.25, -0.2) is 4.39 Å². The lowest BCUT2D eigenvalue weighted by Gasteiger charge is -2.11. The van der Waals surface area contributed by atoms with Gasteiger partial charge in [0.05, 0.1) is 18.6 Å². The van der Waals surface area contributed by atoms with Gasteiger partial charge in [0.15, 0.2) is 11.0 Å². The molecule has 168 valence electrons. The largest absolute Gasteiger partial charge is 0.497 e. The monoisotopic (exact) mass is 546 g/mol. The quantitative estimate of drug-likeness (QED) is 0.278. The number of aromatic nitrogens is 3. The van der Waals surface area contributed by atoms with Gasteiger partial charge in [0.25, 0.3) is 0 Å². The van der Waals surface area contributed by atoms with E-state index in [-0.39, 0.29) is 17.3 Å². The number of nitrogens with zero attached hydrogens (tertiary/aromatic N) is 3. The van der Waals surface area contributed by atoms with Crippen LogP contribution in [0.1, 0.15) is 0 Å². The van der Waals surface area contributed by atoms with Crippen molar-refractivity contribution in [1.29, 1.82) is 0 Å². The molecule has 1 heterocycles. The van der Waals surface area contributed by atoms with Crippen molar-refractivity contribution in [1.82, 2.24) is 14.8 Å². The third kappa shape index (κ3) is 5.55. The predicted molar refractivity (Wildman–Crippen MR) is 132 cm³/mol. The number of rotatable bonds is 7. The summed E-state index contributed by atoms with van der Waals surface area (Å²) in [7, 11) is 1.60. The van der Waals surface area contributed by atoms with Crippen LogP contribution in [0.15, 0.2) is 76.4 Å². The third-order valence-corrected chi connectivity index (χ3v) is 6.28. The number of nitrogens with one attached hydrogen (secondary N) is 1. The molecule has 0 spiro atoms. The van der Waals surface area contributed by atoms with E-state index >= 15 is 0 Å². The minimum atomic E-state index is -0.519. The number of carbonyl (C=O) groups is 1. The fourth-order valence-electron chi connectivity index (χ4n) is 3.02. The number of thioether (sulfide) groups is 1. The number of carbonyl (C=O) groups excluding carboxylic acids is 1. The fourth-order valence-corrected chi connectivity index (χ4v) is 4.23. The molecule has 0 aliphatic heterocycles. The van der Waals surface area contributed by atoms with Gasteiger partial charge in [-0.15, -0.1) is 10.2 Å². The van der Waals surface area contributed by atoms with E-state index in [1.807, 2.05) is 41.0 Å². The minimum Gasteiger partial charge on any atom is -0.497 e. The zero-order valence-corrected chi connectivity index (χ0v) is 20.4. The number of ether oxygens (including phenoxy) is 1. The molecule has 4 rings (SSSR count). The highest BCUT2D eigenvalue weighted by molar-refractivity contribution is 9.10. The molecule has 1 aromatic heterocycles. The van der Waals surface area contributed by atoms with Crippen LogP contribution in [0.4, 0.5) is 10.1 Å².